The number of ether oxygens (including phenoxy) is 1. The first-order valence-electron chi connectivity index (χ1n) is 23.0. The maximum Gasteiger partial charge on any atom is 0.127 e. The topological polar surface area (TPSA) is 9.23 Å². The van der Waals surface area contributed by atoms with Gasteiger partial charge >= 0.3 is 0 Å². The molecule has 0 saturated carbocycles. The van der Waals surface area contributed by atoms with Crippen LogP contribution >= 0.6 is 0 Å². The van der Waals surface area contributed by atoms with Crippen LogP contribution in [0.5, 0.6) is 5.75 Å². The average molecular weight is 743 g/mol. The third-order valence-corrected chi connectivity index (χ3v) is 13.4. The summed E-state index contributed by atoms with van der Waals surface area (Å²) in [6.07, 6.45) is 25.4. The van der Waals surface area contributed by atoms with Crippen molar-refractivity contribution in [3.05, 3.63) is 89.0 Å². The van der Waals surface area contributed by atoms with Crippen LogP contribution in [0.3, 0.4) is 0 Å². The monoisotopic (exact) mass is 743 g/mol. The second kappa shape index (κ2) is 17.6. The number of hydrogen-bond acceptors (Lipinski definition) is 1. The highest BCUT2D eigenvalue weighted by Gasteiger charge is 2.25. The Hall–Kier alpha value is -4.10. The Labute approximate surface area is 336 Å². The van der Waals surface area contributed by atoms with E-state index in [1.165, 1.54) is 197 Å². The minimum absolute atomic E-state index is 1.02. The van der Waals surface area contributed by atoms with Crippen LogP contribution in [-0.4, -0.2) is 7.11 Å². The van der Waals surface area contributed by atoms with Gasteiger partial charge in [0.05, 0.1) is 7.11 Å². The molecule has 0 radical (unpaired) electrons. The first-order chi connectivity index (χ1) is 27.6. The number of hydrogen-bond donors (Lipinski definition) is 0. The molecule has 1 nitrogen and oxygen atoms in total. The summed E-state index contributed by atoms with van der Waals surface area (Å²) >= 11 is 0. The predicted molar refractivity (Wildman–Crippen MR) is 249 cm³/mol. The third-order valence-electron chi connectivity index (χ3n) is 13.4. The molecule has 0 spiro atoms. The lowest BCUT2D eigenvalue weighted by Crippen LogP contribution is -2.00. The molecule has 0 N–H and O–H groups in total. The molecular formula is C55H66O. The van der Waals surface area contributed by atoms with Crippen molar-refractivity contribution in [3.63, 3.8) is 0 Å². The Balaban J connectivity index is 1.44. The van der Waals surface area contributed by atoms with E-state index in [1.54, 1.807) is 22.3 Å². The van der Waals surface area contributed by atoms with E-state index >= 15 is 0 Å². The van der Waals surface area contributed by atoms with E-state index in [0.29, 0.717) is 0 Å². The van der Waals surface area contributed by atoms with Crippen molar-refractivity contribution in [2.24, 2.45) is 0 Å². The first-order valence-corrected chi connectivity index (χ1v) is 23.0. The highest BCUT2D eigenvalue weighted by molar-refractivity contribution is 6.48. The molecule has 0 amide bonds. The van der Waals surface area contributed by atoms with Crippen LogP contribution in [0.15, 0.2) is 66.7 Å². The van der Waals surface area contributed by atoms with E-state index in [4.69, 9.17) is 4.74 Å². The van der Waals surface area contributed by atoms with Crippen molar-refractivity contribution >= 4 is 75.4 Å². The van der Waals surface area contributed by atoms with Gasteiger partial charge in [0.1, 0.15) is 5.75 Å². The fraction of sp³-hybridized carbons (Fsp3) is 0.455. The van der Waals surface area contributed by atoms with E-state index in [-0.39, 0.29) is 0 Å². The van der Waals surface area contributed by atoms with Crippen LogP contribution in [0.2, 0.25) is 0 Å². The van der Waals surface area contributed by atoms with Crippen LogP contribution in [0.4, 0.5) is 0 Å². The fourth-order valence-electron chi connectivity index (χ4n) is 10.5. The normalized spacial score (nSPS) is 12.4. The molecule has 0 aliphatic carbocycles. The molecule has 0 aliphatic rings. The number of fused-ring (bicyclic) bond motifs is 7. The van der Waals surface area contributed by atoms with Gasteiger partial charge in [-0.25, -0.2) is 0 Å². The summed E-state index contributed by atoms with van der Waals surface area (Å²) in [5, 5.41) is 19.5. The summed E-state index contributed by atoms with van der Waals surface area (Å²) in [6.45, 7) is 9.28. The number of rotatable bonds is 21. The molecule has 8 rings (SSSR count). The van der Waals surface area contributed by atoms with Gasteiger partial charge in [-0.3, -0.25) is 0 Å². The maximum atomic E-state index is 6.57. The zero-order valence-electron chi connectivity index (χ0n) is 35.4. The Morgan fingerprint density at radius 1 is 0.321 bits per heavy atom. The van der Waals surface area contributed by atoms with Gasteiger partial charge in [0.25, 0.3) is 0 Å². The molecule has 0 bridgehead atoms. The summed E-state index contributed by atoms with van der Waals surface area (Å²) in [5.74, 6) is 1.02. The molecule has 1 heteroatoms. The van der Waals surface area contributed by atoms with E-state index < -0.39 is 0 Å². The Kier molecular flexibility index (Phi) is 12.2. The fourth-order valence-corrected chi connectivity index (χ4v) is 10.5. The molecule has 0 fully saturated rings. The van der Waals surface area contributed by atoms with Crippen LogP contribution in [0.1, 0.15) is 153 Å². The maximum absolute atomic E-state index is 6.57. The highest BCUT2D eigenvalue weighted by Crippen LogP contribution is 2.53. The van der Waals surface area contributed by atoms with Crippen molar-refractivity contribution < 1.29 is 4.74 Å². The molecule has 292 valence electrons. The minimum Gasteiger partial charge on any atom is -0.496 e. The zero-order chi connectivity index (χ0) is 38.6. The highest BCUT2D eigenvalue weighted by atomic mass is 16.5. The smallest absolute Gasteiger partial charge is 0.127 e. The Morgan fingerprint density at radius 3 is 1.07 bits per heavy atom. The average Bonchev–Trinajstić information content (AvgIpc) is 3.23. The van der Waals surface area contributed by atoms with Gasteiger partial charge in [-0.2, -0.15) is 0 Å². The molecule has 8 aromatic rings. The summed E-state index contributed by atoms with van der Waals surface area (Å²) in [6, 6.07) is 27.2. The molecule has 0 heterocycles. The van der Waals surface area contributed by atoms with Crippen molar-refractivity contribution in [2.75, 3.05) is 7.11 Å². The van der Waals surface area contributed by atoms with Crippen LogP contribution in [-0.2, 0) is 25.7 Å². The quantitative estimate of drug-likeness (QED) is 0.0405. The predicted octanol–water partition coefficient (Wildman–Crippen LogP) is 17.1. The molecule has 8 aromatic carbocycles. The van der Waals surface area contributed by atoms with Gasteiger partial charge in [-0.1, -0.05) is 165 Å². The largest absolute Gasteiger partial charge is 0.496 e. The zero-order valence-corrected chi connectivity index (χ0v) is 35.4. The van der Waals surface area contributed by atoms with Gasteiger partial charge in [0.2, 0.25) is 0 Å². The lowest BCUT2D eigenvalue weighted by atomic mass is 9.79. The van der Waals surface area contributed by atoms with Crippen molar-refractivity contribution in [1.82, 2.24) is 0 Å². The molecule has 0 aromatic heterocycles. The third kappa shape index (κ3) is 7.07. The van der Waals surface area contributed by atoms with Gasteiger partial charge in [0, 0.05) is 10.8 Å². The SMILES string of the molecule is CCCCCCc1cc2c(cc1CCCCCC)c1cc(OC)c3c4cc(CCCCCC)c(CCCCCC)cc4c4cccc5c6cccc2c6c1c3c45. The van der Waals surface area contributed by atoms with Crippen molar-refractivity contribution in [3.8, 4) is 5.75 Å². The second-order valence-electron chi connectivity index (χ2n) is 17.3. The molecule has 0 atom stereocenters. The Bertz CT molecular complexity index is 2570. The lowest BCUT2D eigenvalue weighted by molar-refractivity contribution is 0.420. The number of unbranched alkanes of at least 4 members (excludes halogenated alkanes) is 12. The lowest BCUT2D eigenvalue weighted by Gasteiger charge is -2.24. The summed E-state index contributed by atoms with van der Waals surface area (Å²) in [4.78, 5) is 0. The number of benzene rings is 8. The van der Waals surface area contributed by atoms with Gasteiger partial charge in [0.15, 0.2) is 0 Å². The van der Waals surface area contributed by atoms with E-state index in [2.05, 4.69) is 94.4 Å². The van der Waals surface area contributed by atoms with Crippen LogP contribution in [0, 0.1) is 0 Å². The van der Waals surface area contributed by atoms with Gasteiger partial charge in [-0.05, 0) is 144 Å². The second-order valence-corrected chi connectivity index (χ2v) is 17.3. The van der Waals surface area contributed by atoms with Crippen molar-refractivity contribution in [2.45, 2.75) is 156 Å². The van der Waals surface area contributed by atoms with Gasteiger partial charge in [-0.15, -0.1) is 0 Å². The molecule has 56 heavy (non-hydrogen) atoms. The minimum atomic E-state index is 1.02. The number of methoxy groups -OCH3 is 1. The standard InChI is InChI=1S/C55H66O/c1-6-10-14-18-24-37-32-45-43-30-22-28-41-42-29-23-31-44-46-33-38(25-19-15-11-7-2)40(27-21-17-13-9-4)35-48(46)53-50(56-5)36-49(54(51(41)43)55(53)52(42)44)47(45)34-39(37)26-20-16-12-8-3/h22-23,28-36H,6-21,24-27H2,1-5H3. The summed E-state index contributed by atoms with van der Waals surface area (Å²) in [5.41, 5.74) is 6.27. The van der Waals surface area contributed by atoms with E-state index in [1.807, 2.05) is 7.11 Å². The van der Waals surface area contributed by atoms with Gasteiger partial charge < -0.3 is 4.74 Å². The molecule has 0 aliphatic heterocycles. The Morgan fingerprint density at radius 2 is 0.661 bits per heavy atom. The van der Waals surface area contributed by atoms with Crippen LogP contribution in [0.25, 0.3) is 75.4 Å². The van der Waals surface area contributed by atoms with E-state index in [0.717, 1.165) is 12.2 Å². The van der Waals surface area contributed by atoms with E-state index in [9.17, 15) is 0 Å². The molecular weight excluding hydrogens is 677 g/mol. The van der Waals surface area contributed by atoms with Crippen molar-refractivity contribution in [1.29, 1.82) is 0 Å². The molecule has 0 saturated heterocycles. The summed E-state index contributed by atoms with van der Waals surface area (Å²) in [7, 11) is 1.91. The summed E-state index contributed by atoms with van der Waals surface area (Å²) < 4.78 is 6.57. The van der Waals surface area contributed by atoms with Crippen LogP contribution < -0.4 is 4.74 Å². The number of aryl methyl sites for hydroxylation is 4. The first kappa shape index (κ1) is 38.8. The molecule has 0 unspecified atom stereocenters.